The van der Waals surface area contributed by atoms with Crippen LogP contribution in [0.2, 0.25) is 0 Å². The number of fused-ring (bicyclic) bond motifs is 4. The summed E-state index contributed by atoms with van der Waals surface area (Å²) in [6.45, 7) is 0.0720. The Morgan fingerprint density at radius 3 is 2.11 bits per heavy atom. The Morgan fingerprint density at radius 2 is 1.45 bits per heavy atom. The van der Waals surface area contributed by atoms with Crippen LogP contribution in [0.3, 0.4) is 0 Å². The van der Waals surface area contributed by atoms with Crippen LogP contribution in [0.15, 0.2) is 66.7 Å². The van der Waals surface area contributed by atoms with E-state index in [1.54, 1.807) is 0 Å². The summed E-state index contributed by atoms with van der Waals surface area (Å²) < 4.78 is 11.0. The maximum atomic E-state index is 13.2. The van der Waals surface area contributed by atoms with E-state index in [-0.39, 0.29) is 68.2 Å². The number of imide groups is 2. The number of hydrogen-bond donors (Lipinski definition) is 5. The molecule has 16 heteroatoms. The molecule has 2 heterocycles. The minimum absolute atomic E-state index is 0.00197. The van der Waals surface area contributed by atoms with E-state index in [0.717, 1.165) is 27.2 Å². The van der Waals surface area contributed by atoms with Crippen molar-refractivity contribution in [3.8, 4) is 16.9 Å². The van der Waals surface area contributed by atoms with Crippen molar-refractivity contribution in [3.05, 3.63) is 89.0 Å². The number of alkyl carbamates (subject to hydrolysis) is 1. The fraction of sp³-hybridized carbons (Fsp3) is 0.333. The van der Waals surface area contributed by atoms with Gasteiger partial charge in [0.15, 0.2) is 6.61 Å². The molecule has 286 valence electrons. The first-order valence-electron chi connectivity index (χ1n) is 17.9. The van der Waals surface area contributed by atoms with E-state index in [1.807, 2.05) is 48.5 Å². The molecule has 2 atom stereocenters. The number of ether oxygens (including phenoxy) is 2. The predicted molar refractivity (Wildman–Crippen MR) is 193 cm³/mol. The molecule has 0 aromatic heterocycles. The van der Waals surface area contributed by atoms with Crippen LogP contribution in [0.1, 0.15) is 76.3 Å². The third-order valence-electron chi connectivity index (χ3n) is 9.63. The van der Waals surface area contributed by atoms with E-state index in [4.69, 9.17) is 9.47 Å². The number of carbonyl (C=O) groups excluding carboxylic acids is 7. The van der Waals surface area contributed by atoms with Crippen molar-refractivity contribution >= 4 is 47.5 Å². The summed E-state index contributed by atoms with van der Waals surface area (Å²) in [6, 6.07) is 17.5. The quantitative estimate of drug-likeness (QED) is 0.105. The molecule has 2 unspecified atom stereocenters. The molecule has 3 aliphatic rings. The van der Waals surface area contributed by atoms with Gasteiger partial charge >= 0.3 is 12.1 Å². The molecule has 55 heavy (non-hydrogen) atoms. The lowest BCUT2D eigenvalue weighted by atomic mass is 9.98. The van der Waals surface area contributed by atoms with Crippen LogP contribution in [0.5, 0.6) is 5.75 Å². The summed E-state index contributed by atoms with van der Waals surface area (Å²) in [5.74, 6) is -5.05. The molecule has 16 nitrogen and oxygen atoms in total. The molecule has 3 aromatic rings. The minimum atomic E-state index is -1.33. The second-order valence-corrected chi connectivity index (χ2v) is 13.2. The molecule has 1 aliphatic carbocycles. The Morgan fingerprint density at radius 1 is 0.818 bits per heavy atom. The molecule has 1 saturated heterocycles. The zero-order chi connectivity index (χ0) is 39.1. The number of unbranched alkanes of at least 4 members (excludes halogenated alkanes) is 1. The summed E-state index contributed by atoms with van der Waals surface area (Å²) >= 11 is 0. The molecule has 1 fully saturated rings. The fourth-order valence-electron chi connectivity index (χ4n) is 6.91. The molecule has 2 aliphatic heterocycles. The molecule has 5 N–H and O–H groups in total. The van der Waals surface area contributed by atoms with Gasteiger partial charge in [-0.25, -0.2) is 9.59 Å². The van der Waals surface area contributed by atoms with E-state index in [0.29, 0.717) is 12.8 Å². The van der Waals surface area contributed by atoms with Gasteiger partial charge in [0.2, 0.25) is 17.7 Å². The lowest BCUT2D eigenvalue weighted by Gasteiger charge is -2.27. The van der Waals surface area contributed by atoms with Crippen LogP contribution in [-0.2, 0) is 28.7 Å². The summed E-state index contributed by atoms with van der Waals surface area (Å²) in [5.41, 5.74) is 4.12. The molecule has 0 radical (unpaired) electrons. The van der Waals surface area contributed by atoms with Crippen LogP contribution < -0.4 is 26.0 Å². The van der Waals surface area contributed by atoms with Crippen molar-refractivity contribution in [3.63, 3.8) is 0 Å². The standard InChI is InChI=1S/C39H39N5O11/c45-31(16-14-28(38(51)52)42-39(53)55-20-27-24-10-3-1-8-22(24)23-9-2-4-11-25(23)27)40-18-5-6-19-41-33(47)21-54-30-13-7-12-26-34(30)37(50)44(36(26)49)29-15-17-32(46)43-35(29)48/h1-4,7-13,27-29H,5-6,14-21H2,(H,40,45)(H,41,47)(H,42,53)(H,51,52)(H,43,46,48). The first-order valence-corrected chi connectivity index (χ1v) is 17.9. The van der Waals surface area contributed by atoms with Gasteiger partial charge in [-0.05, 0) is 60.1 Å². The van der Waals surface area contributed by atoms with Crippen molar-refractivity contribution in [2.45, 2.75) is 56.5 Å². The maximum absolute atomic E-state index is 13.2. The Balaban J connectivity index is 0.862. The summed E-state index contributed by atoms with van der Waals surface area (Å²) in [7, 11) is 0. The summed E-state index contributed by atoms with van der Waals surface area (Å²) in [6.07, 6.45) is -0.230. The first-order chi connectivity index (χ1) is 26.5. The number of piperidine rings is 1. The largest absolute Gasteiger partial charge is 0.483 e. The number of carboxylic acid groups (broad SMARTS) is 1. The highest BCUT2D eigenvalue weighted by atomic mass is 16.5. The molecule has 0 spiro atoms. The predicted octanol–water partition coefficient (Wildman–Crippen LogP) is 2.25. The summed E-state index contributed by atoms with van der Waals surface area (Å²) in [4.78, 5) is 100. The second-order valence-electron chi connectivity index (χ2n) is 13.2. The van der Waals surface area contributed by atoms with Gasteiger partial charge in [-0.15, -0.1) is 0 Å². The molecule has 7 amide bonds. The zero-order valence-electron chi connectivity index (χ0n) is 29.6. The highest BCUT2D eigenvalue weighted by Gasteiger charge is 2.46. The Labute approximate surface area is 314 Å². The maximum Gasteiger partial charge on any atom is 0.407 e. The Hall–Kier alpha value is -6.58. The number of nitrogens with zero attached hydrogens (tertiary/aromatic N) is 1. The van der Waals surface area contributed by atoms with E-state index in [9.17, 15) is 43.5 Å². The Bertz CT molecular complexity index is 2000. The normalized spacial score (nSPS) is 16.4. The lowest BCUT2D eigenvalue weighted by Crippen LogP contribution is -2.54. The molecule has 6 rings (SSSR count). The van der Waals surface area contributed by atoms with Crippen LogP contribution in [0.25, 0.3) is 11.1 Å². The van der Waals surface area contributed by atoms with Crippen molar-refractivity contribution < 1.29 is 52.9 Å². The van der Waals surface area contributed by atoms with Crippen LogP contribution in [0.4, 0.5) is 4.79 Å². The van der Waals surface area contributed by atoms with Crippen LogP contribution in [-0.4, -0.2) is 95.9 Å². The molecular formula is C39H39N5O11. The van der Waals surface area contributed by atoms with Crippen molar-refractivity contribution in [2.75, 3.05) is 26.3 Å². The molecule has 3 aromatic carbocycles. The Kier molecular flexibility index (Phi) is 11.8. The number of amides is 7. The SMILES string of the molecule is O=C(CCC(NC(=O)OCC1c2ccccc2-c2ccccc21)C(=O)O)NCCCCNC(=O)COc1cccc2c1C(=O)N(C1CCC(=O)NC1=O)C2=O. The highest BCUT2D eigenvalue weighted by molar-refractivity contribution is 6.24. The molecule has 0 saturated carbocycles. The van der Waals surface area contributed by atoms with Gasteiger partial charge in [0, 0.05) is 31.8 Å². The van der Waals surface area contributed by atoms with Gasteiger partial charge in [-0.2, -0.15) is 0 Å². The van der Waals surface area contributed by atoms with Crippen LogP contribution >= 0.6 is 0 Å². The van der Waals surface area contributed by atoms with Gasteiger partial charge in [0.25, 0.3) is 17.7 Å². The van der Waals surface area contributed by atoms with Gasteiger partial charge in [0.1, 0.15) is 24.4 Å². The highest BCUT2D eigenvalue weighted by Crippen LogP contribution is 2.44. The third kappa shape index (κ3) is 8.64. The van der Waals surface area contributed by atoms with Crippen molar-refractivity contribution in [1.29, 1.82) is 0 Å². The lowest BCUT2D eigenvalue weighted by molar-refractivity contribution is -0.140. The number of rotatable bonds is 16. The van der Waals surface area contributed by atoms with E-state index in [1.165, 1.54) is 18.2 Å². The van der Waals surface area contributed by atoms with E-state index < -0.39 is 66.2 Å². The first kappa shape index (κ1) is 38.2. The van der Waals surface area contributed by atoms with Gasteiger partial charge in [0.05, 0.1) is 11.1 Å². The van der Waals surface area contributed by atoms with Gasteiger partial charge in [-0.3, -0.25) is 39.0 Å². The summed E-state index contributed by atoms with van der Waals surface area (Å²) in [5, 5.41) is 19.5. The average Bonchev–Trinajstić information content (AvgIpc) is 3.63. The molecular weight excluding hydrogens is 714 g/mol. The number of carbonyl (C=O) groups is 8. The number of aliphatic carboxylic acids is 1. The van der Waals surface area contributed by atoms with Gasteiger partial charge in [-0.1, -0.05) is 54.6 Å². The van der Waals surface area contributed by atoms with Crippen molar-refractivity contribution in [1.82, 2.24) is 26.2 Å². The minimum Gasteiger partial charge on any atom is -0.483 e. The third-order valence-corrected chi connectivity index (χ3v) is 9.63. The molecule has 0 bridgehead atoms. The zero-order valence-corrected chi connectivity index (χ0v) is 29.6. The fourth-order valence-corrected chi connectivity index (χ4v) is 6.91. The van der Waals surface area contributed by atoms with E-state index in [2.05, 4.69) is 21.3 Å². The topological polar surface area (TPSA) is 227 Å². The number of carboxylic acids is 1. The van der Waals surface area contributed by atoms with Gasteiger partial charge < -0.3 is 30.5 Å². The van der Waals surface area contributed by atoms with E-state index >= 15 is 0 Å². The second kappa shape index (κ2) is 17.0. The smallest absolute Gasteiger partial charge is 0.407 e. The van der Waals surface area contributed by atoms with Crippen LogP contribution in [0, 0.1) is 0 Å². The number of hydrogen-bond acceptors (Lipinski definition) is 10. The number of benzene rings is 3. The van der Waals surface area contributed by atoms with Crippen molar-refractivity contribution in [2.24, 2.45) is 0 Å². The average molecular weight is 754 g/mol. The monoisotopic (exact) mass is 753 g/mol. The number of nitrogens with one attached hydrogen (secondary N) is 4.